The van der Waals surface area contributed by atoms with Crippen LogP contribution in [0.3, 0.4) is 0 Å². The molecule has 4 heterocycles. The van der Waals surface area contributed by atoms with Gasteiger partial charge in [0, 0.05) is 63.1 Å². The van der Waals surface area contributed by atoms with E-state index >= 15 is 0 Å². The summed E-state index contributed by atoms with van der Waals surface area (Å²) in [6.07, 6.45) is 7.62. The van der Waals surface area contributed by atoms with Crippen LogP contribution >= 0.6 is 0 Å². The van der Waals surface area contributed by atoms with Crippen molar-refractivity contribution < 1.29 is 9.15 Å². The SMILES string of the molecule is c1cn2c(n1)CN(Cc1ccoc1)CC(CN1CCOCC1)C2. The molecule has 2 aromatic rings. The van der Waals surface area contributed by atoms with E-state index in [2.05, 4.69) is 25.5 Å². The van der Waals surface area contributed by atoms with Gasteiger partial charge < -0.3 is 13.7 Å². The first-order chi connectivity index (χ1) is 11.4. The molecule has 0 bridgehead atoms. The van der Waals surface area contributed by atoms with Crippen LogP contribution in [0.4, 0.5) is 0 Å². The van der Waals surface area contributed by atoms with Gasteiger partial charge in [0.15, 0.2) is 0 Å². The normalized spacial score (nSPS) is 23.6. The average Bonchev–Trinajstić information content (AvgIpc) is 3.18. The van der Waals surface area contributed by atoms with Crippen LogP contribution in [0.1, 0.15) is 11.4 Å². The molecule has 6 nitrogen and oxygen atoms in total. The third-order valence-corrected chi connectivity index (χ3v) is 4.74. The summed E-state index contributed by atoms with van der Waals surface area (Å²) >= 11 is 0. The van der Waals surface area contributed by atoms with Gasteiger partial charge in [-0.3, -0.25) is 9.80 Å². The van der Waals surface area contributed by atoms with Gasteiger partial charge in [0.1, 0.15) is 5.82 Å². The number of aromatic nitrogens is 2. The maximum atomic E-state index is 5.47. The van der Waals surface area contributed by atoms with Gasteiger partial charge >= 0.3 is 0 Å². The molecule has 124 valence electrons. The lowest BCUT2D eigenvalue weighted by Gasteiger charge is -2.31. The van der Waals surface area contributed by atoms with Gasteiger partial charge in [0.05, 0.1) is 32.3 Å². The molecule has 2 aromatic heterocycles. The molecule has 1 fully saturated rings. The number of hydrogen-bond acceptors (Lipinski definition) is 5. The number of furan rings is 1. The maximum absolute atomic E-state index is 5.47. The second kappa shape index (κ2) is 6.86. The van der Waals surface area contributed by atoms with Crippen LogP contribution in [-0.2, 0) is 24.4 Å². The highest BCUT2D eigenvalue weighted by molar-refractivity contribution is 5.06. The molecule has 0 aromatic carbocycles. The van der Waals surface area contributed by atoms with Gasteiger partial charge in [-0.1, -0.05) is 0 Å². The lowest BCUT2D eigenvalue weighted by atomic mass is 10.1. The number of nitrogens with zero attached hydrogens (tertiary/aromatic N) is 4. The summed E-state index contributed by atoms with van der Waals surface area (Å²) in [7, 11) is 0. The third kappa shape index (κ3) is 3.65. The van der Waals surface area contributed by atoms with E-state index in [0.717, 1.165) is 64.9 Å². The Balaban J connectivity index is 1.47. The van der Waals surface area contributed by atoms with Crippen molar-refractivity contribution in [1.82, 2.24) is 19.4 Å². The molecule has 23 heavy (non-hydrogen) atoms. The molecule has 1 atom stereocenters. The summed E-state index contributed by atoms with van der Waals surface area (Å²) in [6.45, 7) is 8.91. The summed E-state index contributed by atoms with van der Waals surface area (Å²) in [4.78, 5) is 9.56. The minimum absolute atomic E-state index is 0.607. The van der Waals surface area contributed by atoms with E-state index in [4.69, 9.17) is 9.15 Å². The Morgan fingerprint density at radius 2 is 2.09 bits per heavy atom. The standard InChI is InChI=1S/C17H24N4O2/c1-6-23-14-15(1)9-20-11-16(10-19-4-7-22-8-5-19)12-21-3-2-18-17(21)13-20/h1-3,6,14,16H,4-5,7-13H2. The predicted molar refractivity (Wildman–Crippen MR) is 85.8 cm³/mol. The zero-order valence-corrected chi connectivity index (χ0v) is 13.4. The number of ether oxygens (including phenoxy) is 1. The van der Waals surface area contributed by atoms with Crippen molar-refractivity contribution in [3.05, 3.63) is 42.4 Å². The van der Waals surface area contributed by atoms with Crippen molar-refractivity contribution >= 4 is 0 Å². The van der Waals surface area contributed by atoms with Crippen LogP contribution in [0, 0.1) is 5.92 Å². The minimum atomic E-state index is 0.607. The fourth-order valence-corrected chi connectivity index (χ4v) is 3.65. The molecule has 0 amide bonds. The maximum Gasteiger partial charge on any atom is 0.122 e. The van der Waals surface area contributed by atoms with Crippen molar-refractivity contribution in [2.24, 2.45) is 5.92 Å². The van der Waals surface area contributed by atoms with E-state index < -0.39 is 0 Å². The van der Waals surface area contributed by atoms with Crippen LogP contribution in [0.5, 0.6) is 0 Å². The summed E-state index contributed by atoms with van der Waals surface area (Å²) in [5, 5.41) is 0. The van der Waals surface area contributed by atoms with Gasteiger partial charge in [0.2, 0.25) is 0 Å². The Morgan fingerprint density at radius 3 is 2.91 bits per heavy atom. The summed E-state index contributed by atoms with van der Waals surface area (Å²) in [6, 6.07) is 2.05. The molecule has 2 aliphatic rings. The highest BCUT2D eigenvalue weighted by Gasteiger charge is 2.25. The first-order valence-electron chi connectivity index (χ1n) is 8.40. The number of fused-ring (bicyclic) bond motifs is 1. The van der Waals surface area contributed by atoms with Crippen molar-refractivity contribution in [2.75, 3.05) is 39.4 Å². The molecule has 0 spiro atoms. The Kier molecular flexibility index (Phi) is 4.46. The highest BCUT2D eigenvalue weighted by Crippen LogP contribution is 2.19. The van der Waals surface area contributed by atoms with Crippen LogP contribution < -0.4 is 0 Å². The van der Waals surface area contributed by atoms with E-state index in [-0.39, 0.29) is 0 Å². The second-order valence-electron chi connectivity index (χ2n) is 6.58. The van der Waals surface area contributed by atoms with Crippen LogP contribution in [0.15, 0.2) is 35.4 Å². The molecule has 0 N–H and O–H groups in total. The summed E-state index contributed by atoms with van der Waals surface area (Å²) in [5.41, 5.74) is 1.23. The highest BCUT2D eigenvalue weighted by atomic mass is 16.5. The van der Waals surface area contributed by atoms with E-state index in [1.165, 1.54) is 5.56 Å². The van der Waals surface area contributed by atoms with E-state index in [1.807, 2.05) is 18.5 Å². The Hall–Kier alpha value is -1.63. The smallest absolute Gasteiger partial charge is 0.122 e. The molecule has 1 unspecified atom stereocenters. The third-order valence-electron chi connectivity index (χ3n) is 4.74. The largest absolute Gasteiger partial charge is 0.472 e. The Bertz CT molecular complexity index is 604. The fraction of sp³-hybridized carbons (Fsp3) is 0.588. The van der Waals surface area contributed by atoms with Crippen molar-refractivity contribution in [1.29, 1.82) is 0 Å². The summed E-state index contributed by atoms with van der Waals surface area (Å²) < 4.78 is 13.0. The van der Waals surface area contributed by atoms with E-state index in [0.29, 0.717) is 5.92 Å². The zero-order chi connectivity index (χ0) is 15.5. The molecule has 0 saturated carbocycles. The van der Waals surface area contributed by atoms with Crippen molar-refractivity contribution in [3.63, 3.8) is 0 Å². The first kappa shape index (κ1) is 14.9. The Labute approximate surface area is 136 Å². The molecular weight excluding hydrogens is 292 g/mol. The zero-order valence-electron chi connectivity index (χ0n) is 13.4. The quantitative estimate of drug-likeness (QED) is 0.854. The fourth-order valence-electron chi connectivity index (χ4n) is 3.65. The number of hydrogen-bond donors (Lipinski definition) is 0. The van der Waals surface area contributed by atoms with Gasteiger partial charge in [-0.15, -0.1) is 0 Å². The lowest BCUT2D eigenvalue weighted by Crippen LogP contribution is -2.42. The number of rotatable bonds is 4. The van der Waals surface area contributed by atoms with Crippen LogP contribution in [0.25, 0.3) is 0 Å². The molecule has 4 rings (SSSR count). The molecule has 0 radical (unpaired) electrons. The van der Waals surface area contributed by atoms with E-state index in [9.17, 15) is 0 Å². The molecule has 6 heteroatoms. The minimum Gasteiger partial charge on any atom is -0.472 e. The monoisotopic (exact) mass is 316 g/mol. The molecule has 1 saturated heterocycles. The molecular formula is C17H24N4O2. The molecule has 0 aliphatic carbocycles. The van der Waals surface area contributed by atoms with Gasteiger partial charge in [-0.2, -0.15) is 0 Å². The Morgan fingerprint density at radius 1 is 1.17 bits per heavy atom. The predicted octanol–water partition coefficient (Wildman–Crippen LogP) is 1.44. The topological polar surface area (TPSA) is 46.7 Å². The number of imidazole rings is 1. The first-order valence-corrected chi connectivity index (χ1v) is 8.40. The second-order valence-corrected chi connectivity index (χ2v) is 6.58. The van der Waals surface area contributed by atoms with Crippen LogP contribution in [-0.4, -0.2) is 58.7 Å². The van der Waals surface area contributed by atoms with Crippen molar-refractivity contribution in [2.45, 2.75) is 19.6 Å². The average molecular weight is 316 g/mol. The van der Waals surface area contributed by atoms with Crippen molar-refractivity contribution in [3.8, 4) is 0 Å². The lowest BCUT2D eigenvalue weighted by molar-refractivity contribution is 0.0265. The summed E-state index contributed by atoms with van der Waals surface area (Å²) in [5.74, 6) is 1.77. The van der Waals surface area contributed by atoms with Gasteiger partial charge in [-0.05, 0) is 6.07 Å². The molecule has 2 aliphatic heterocycles. The van der Waals surface area contributed by atoms with Gasteiger partial charge in [0.25, 0.3) is 0 Å². The van der Waals surface area contributed by atoms with E-state index in [1.54, 1.807) is 6.26 Å². The number of morpholine rings is 1. The van der Waals surface area contributed by atoms with Gasteiger partial charge in [-0.25, -0.2) is 4.98 Å². The van der Waals surface area contributed by atoms with Crippen LogP contribution in [0.2, 0.25) is 0 Å².